The Morgan fingerprint density at radius 1 is 1.40 bits per heavy atom. The molecule has 1 saturated heterocycles. The molecule has 3 rings (SSSR count). The second-order valence-electron chi connectivity index (χ2n) is 6.11. The maximum absolute atomic E-state index is 13.1. The summed E-state index contributed by atoms with van der Waals surface area (Å²) < 4.78 is 7.27. The fraction of sp³-hybridized carbons (Fsp3) is 0.471. The van der Waals surface area contributed by atoms with Gasteiger partial charge in [0.05, 0.1) is 5.56 Å². The highest BCUT2D eigenvalue weighted by Crippen LogP contribution is 2.25. The number of carbonyl (C=O) groups excluding carboxylic acids is 1. The molecule has 0 aromatic carbocycles. The predicted molar refractivity (Wildman–Crippen MR) is 93.4 cm³/mol. The number of carboxylic acids is 1. The third-order valence-electron chi connectivity index (χ3n) is 4.47. The molecule has 3 heterocycles. The summed E-state index contributed by atoms with van der Waals surface area (Å²) in [4.78, 5) is 30.2. The van der Waals surface area contributed by atoms with Gasteiger partial charge in [0.1, 0.15) is 6.54 Å². The first-order chi connectivity index (χ1) is 12.0. The molecule has 0 radical (unpaired) electrons. The number of carbonyl (C=O) groups is 2. The van der Waals surface area contributed by atoms with Crippen molar-refractivity contribution in [1.29, 1.82) is 0 Å². The van der Waals surface area contributed by atoms with Gasteiger partial charge < -0.3 is 14.7 Å². The lowest BCUT2D eigenvalue weighted by Gasteiger charge is -2.33. The highest BCUT2D eigenvalue weighted by Gasteiger charge is 2.30. The summed E-state index contributed by atoms with van der Waals surface area (Å²) in [6, 6.07) is 1.70. The normalized spacial score (nSPS) is 15.3. The maximum atomic E-state index is 13.1. The predicted octanol–water partition coefficient (Wildman–Crippen LogP) is 2.26. The number of nitrogens with zero attached hydrogens (tertiary/aromatic N) is 3. The van der Waals surface area contributed by atoms with Gasteiger partial charge in [0.2, 0.25) is 0 Å². The molecule has 8 heteroatoms. The topological polar surface area (TPSA) is 84.7 Å². The zero-order valence-corrected chi connectivity index (χ0v) is 15.1. The van der Waals surface area contributed by atoms with Gasteiger partial charge >= 0.3 is 5.97 Å². The Balaban J connectivity index is 1.94. The van der Waals surface area contributed by atoms with Crippen molar-refractivity contribution in [1.82, 2.24) is 14.5 Å². The van der Waals surface area contributed by atoms with Crippen molar-refractivity contribution in [2.45, 2.75) is 32.7 Å². The Labute approximate surface area is 149 Å². The SMILES string of the molecule is Cc1cc(C(=O)N(CC(=O)O)C2CCOCC2)c(C)n1-c1nccs1. The summed E-state index contributed by atoms with van der Waals surface area (Å²) in [5.74, 6) is -1.25. The molecule has 7 nitrogen and oxygen atoms in total. The van der Waals surface area contributed by atoms with E-state index in [4.69, 9.17) is 4.74 Å². The third kappa shape index (κ3) is 3.59. The van der Waals surface area contributed by atoms with E-state index in [9.17, 15) is 14.7 Å². The van der Waals surface area contributed by atoms with Crippen LogP contribution in [0.1, 0.15) is 34.6 Å². The number of thiazole rings is 1. The number of hydrogen-bond acceptors (Lipinski definition) is 5. The monoisotopic (exact) mass is 363 g/mol. The van der Waals surface area contributed by atoms with E-state index in [1.165, 1.54) is 16.2 Å². The molecule has 0 unspecified atom stereocenters. The molecule has 0 saturated carbocycles. The number of aryl methyl sites for hydroxylation is 1. The van der Waals surface area contributed by atoms with E-state index in [-0.39, 0.29) is 18.5 Å². The Bertz CT molecular complexity index is 763. The summed E-state index contributed by atoms with van der Waals surface area (Å²) in [5.41, 5.74) is 2.21. The first-order valence-electron chi connectivity index (χ1n) is 8.18. The average molecular weight is 363 g/mol. The molecule has 2 aromatic rings. The minimum Gasteiger partial charge on any atom is -0.480 e. The molecule has 0 atom stereocenters. The molecule has 1 aliphatic rings. The number of carboxylic acid groups (broad SMARTS) is 1. The summed E-state index contributed by atoms with van der Waals surface area (Å²) >= 11 is 1.49. The van der Waals surface area contributed by atoms with Gasteiger partial charge in [-0.2, -0.15) is 0 Å². The minimum atomic E-state index is -1.01. The number of aromatic nitrogens is 2. The van der Waals surface area contributed by atoms with E-state index >= 15 is 0 Å². The van der Waals surface area contributed by atoms with Gasteiger partial charge in [-0.1, -0.05) is 0 Å². The lowest BCUT2D eigenvalue weighted by Crippen LogP contribution is -2.46. The lowest BCUT2D eigenvalue weighted by molar-refractivity contribution is -0.138. The van der Waals surface area contributed by atoms with Crippen LogP contribution in [0.3, 0.4) is 0 Å². The van der Waals surface area contributed by atoms with Crippen molar-refractivity contribution in [2.75, 3.05) is 19.8 Å². The number of rotatable bonds is 5. The van der Waals surface area contributed by atoms with Gasteiger partial charge in [0, 0.05) is 42.2 Å². The highest BCUT2D eigenvalue weighted by molar-refractivity contribution is 7.12. The van der Waals surface area contributed by atoms with E-state index in [0.29, 0.717) is 31.6 Å². The quantitative estimate of drug-likeness (QED) is 0.881. The number of amides is 1. The zero-order valence-electron chi connectivity index (χ0n) is 14.3. The standard InChI is InChI=1S/C17H21N3O4S/c1-11-9-14(12(2)20(11)17-18-5-8-25-17)16(23)19(10-15(21)22)13-3-6-24-7-4-13/h5,8-9,13H,3-4,6-7,10H2,1-2H3,(H,21,22). The molecule has 134 valence electrons. The number of ether oxygens (including phenoxy) is 1. The van der Waals surface area contributed by atoms with E-state index in [2.05, 4.69) is 4.98 Å². The smallest absolute Gasteiger partial charge is 0.323 e. The number of hydrogen-bond donors (Lipinski definition) is 1. The van der Waals surface area contributed by atoms with Crippen molar-refractivity contribution in [3.8, 4) is 5.13 Å². The second kappa shape index (κ2) is 7.37. The summed E-state index contributed by atoms with van der Waals surface area (Å²) in [5, 5.41) is 11.9. The molecule has 25 heavy (non-hydrogen) atoms. The van der Waals surface area contributed by atoms with Crippen LogP contribution in [0, 0.1) is 13.8 Å². The summed E-state index contributed by atoms with van der Waals surface area (Å²) in [7, 11) is 0. The van der Waals surface area contributed by atoms with Gasteiger partial charge in [-0.15, -0.1) is 11.3 Å². The largest absolute Gasteiger partial charge is 0.480 e. The van der Waals surface area contributed by atoms with Crippen LogP contribution < -0.4 is 0 Å². The Kier molecular flexibility index (Phi) is 5.19. The fourth-order valence-corrected chi connectivity index (χ4v) is 4.02. The molecule has 0 bridgehead atoms. The van der Waals surface area contributed by atoms with Crippen molar-refractivity contribution < 1.29 is 19.4 Å². The highest BCUT2D eigenvalue weighted by atomic mass is 32.1. The number of aliphatic carboxylic acids is 1. The molecule has 1 N–H and O–H groups in total. The van der Waals surface area contributed by atoms with Gasteiger partial charge in [-0.05, 0) is 32.8 Å². The van der Waals surface area contributed by atoms with E-state index < -0.39 is 5.97 Å². The van der Waals surface area contributed by atoms with E-state index in [1.54, 1.807) is 6.20 Å². The fourth-order valence-electron chi connectivity index (χ4n) is 3.26. The first kappa shape index (κ1) is 17.6. The van der Waals surface area contributed by atoms with Gasteiger partial charge in [0.15, 0.2) is 5.13 Å². The van der Waals surface area contributed by atoms with Crippen molar-refractivity contribution in [3.63, 3.8) is 0 Å². The zero-order chi connectivity index (χ0) is 18.0. The van der Waals surface area contributed by atoms with Gasteiger partial charge in [-0.3, -0.25) is 14.2 Å². The van der Waals surface area contributed by atoms with E-state index in [1.807, 2.05) is 29.9 Å². The van der Waals surface area contributed by atoms with Crippen LogP contribution in [-0.4, -0.2) is 57.2 Å². The summed E-state index contributed by atoms with van der Waals surface area (Å²) in [6.07, 6.45) is 3.04. The van der Waals surface area contributed by atoms with Crippen molar-refractivity contribution >= 4 is 23.2 Å². The van der Waals surface area contributed by atoms with Crippen LogP contribution in [0.2, 0.25) is 0 Å². The second-order valence-corrected chi connectivity index (χ2v) is 6.98. The molecule has 0 aliphatic carbocycles. The van der Waals surface area contributed by atoms with Crippen LogP contribution in [-0.2, 0) is 9.53 Å². The molecular formula is C17H21N3O4S. The Morgan fingerprint density at radius 2 is 2.12 bits per heavy atom. The molecule has 1 aliphatic heterocycles. The van der Waals surface area contributed by atoms with Crippen LogP contribution >= 0.6 is 11.3 Å². The first-order valence-corrected chi connectivity index (χ1v) is 9.06. The summed E-state index contributed by atoms with van der Waals surface area (Å²) in [6.45, 7) is 4.58. The molecule has 0 spiro atoms. The van der Waals surface area contributed by atoms with Crippen LogP contribution in [0.15, 0.2) is 17.6 Å². The molecule has 2 aromatic heterocycles. The van der Waals surface area contributed by atoms with Gasteiger partial charge in [0.25, 0.3) is 5.91 Å². The van der Waals surface area contributed by atoms with Crippen molar-refractivity contribution in [3.05, 3.63) is 34.6 Å². The van der Waals surface area contributed by atoms with Crippen molar-refractivity contribution in [2.24, 2.45) is 0 Å². The van der Waals surface area contributed by atoms with Crippen LogP contribution in [0.4, 0.5) is 0 Å². The third-order valence-corrected chi connectivity index (χ3v) is 5.23. The molecule has 1 fully saturated rings. The lowest BCUT2D eigenvalue weighted by atomic mass is 10.1. The average Bonchev–Trinajstić information content (AvgIpc) is 3.20. The minimum absolute atomic E-state index is 0.111. The Hall–Kier alpha value is -2.19. The molecule has 1 amide bonds. The maximum Gasteiger partial charge on any atom is 0.323 e. The Morgan fingerprint density at radius 3 is 2.72 bits per heavy atom. The van der Waals surface area contributed by atoms with Gasteiger partial charge in [-0.25, -0.2) is 4.98 Å². The van der Waals surface area contributed by atoms with Crippen LogP contribution in [0.25, 0.3) is 5.13 Å². The van der Waals surface area contributed by atoms with E-state index in [0.717, 1.165) is 16.5 Å². The molecular weight excluding hydrogens is 342 g/mol. The van der Waals surface area contributed by atoms with Crippen LogP contribution in [0.5, 0.6) is 0 Å².